The summed E-state index contributed by atoms with van der Waals surface area (Å²) >= 11 is 0. The molecule has 0 spiro atoms. The van der Waals surface area contributed by atoms with Crippen molar-refractivity contribution < 1.29 is 69.0 Å². The number of carboxylic acid groups (broad SMARTS) is 1. The monoisotopic (exact) mass is 477 g/mol. The normalized spacial score (nSPS) is 11.8. The summed E-state index contributed by atoms with van der Waals surface area (Å²) in [5, 5.41) is 82.2. The highest BCUT2D eigenvalue weighted by molar-refractivity contribution is 5.73. The van der Waals surface area contributed by atoms with Crippen molar-refractivity contribution in [3.63, 3.8) is 0 Å². The van der Waals surface area contributed by atoms with Gasteiger partial charge >= 0.3 is 12.1 Å². The molecule has 0 bridgehead atoms. The van der Waals surface area contributed by atoms with Crippen LogP contribution >= 0.6 is 0 Å². The second-order valence-electron chi connectivity index (χ2n) is 6.31. The maximum absolute atomic E-state index is 10.6. The molecule has 14 nitrogen and oxygen atoms in total. The Morgan fingerprint density at radius 2 is 0.613 bits per heavy atom. The molecule has 0 aliphatic heterocycles. The van der Waals surface area contributed by atoms with E-state index in [1.807, 2.05) is 0 Å². The average molecular weight is 477 g/mol. The lowest BCUT2D eigenvalue weighted by Gasteiger charge is -2.20. The summed E-state index contributed by atoms with van der Waals surface area (Å²) in [4.78, 5) is 8.90. The molecule has 0 aliphatic carbocycles. The van der Waals surface area contributed by atoms with Gasteiger partial charge in [-0.05, 0) is 0 Å². The minimum Gasteiger partial charge on any atom is -0.475 e. The van der Waals surface area contributed by atoms with Crippen molar-refractivity contribution in [2.24, 2.45) is 17.2 Å². The van der Waals surface area contributed by atoms with E-state index >= 15 is 0 Å². The Morgan fingerprint density at radius 3 is 0.613 bits per heavy atom. The van der Waals surface area contributed by atoms with E-state index in [-0.39, 0.29) is 0 Å². The van der Waals surface area contributed by atoms with Gasteiger partial charge in [0.15, 0.2) is 0 Å². The van der Waals surface area contributed by atoms with Crippen LogP contribution < -0.4 is 17.2 Å². The van der Waals surface area contributed by atoms with E-state index in [0.717, 1.165) is 0 Å². The molecular weight excluding hydrogens is 443 g/mol. The first-order valence-electron chi connectivity index (χ1n) is 8.14. The van der Waals surface area contributed by atoms with Crippen LogP contribution in [0.25, 0.3) is 0 Å². The lowest BCUT2D eigenvalue weighted by molar-refractivity contribution is -0.192. The highest BCUT2D eigenvalue weighted by Crippen LogP contribution is 2.13. The van der Waals surface area contributed by atoms with Crippen LogP contribution in [0.15, 0.2) is 0 Å². The van der Waals surface area contributed by atoms with Gasteiger partial charge in [-0.2, -0.15) is 13.2 Å². The third-order valence-corrected chi connectivity index (χ3v) is 3.08. The van der Waals surface area contributed by atoms with Gasteiger partial charge in [-0.25, -0.2) is 4.79 Å². The summed E-state index contributed by atoms with van der Waals surface area (Å²) in [5.41, 5.74) is 11.8. The Labute approximate surface area is 175 Å². The van der Waals surface area contributed by atoms with E-state index in [4.69, 9.17) is 73.1 Å². The van der Waals surface area contributed by atoms with Gasteiger partial charge in [0.25, 0.3) is 0 Å². The summed E-state index contributed by atoms with van der Waals surface area (Å²) in [6.45, 7) is -3.62. The van der Waals surface area contributed by atoms with Crippen molar-refractivity contribution in [3.8, 4) is 0 Å². The quantitative estimate of drug-likeness (QED) is 0.147. The fourth-order valence-corrected chi connectivity index (χ4v) is 0.450. The molecule has 0 aromatic carbocycles. The number of carbonyl (C=O) groups is 1. The summed E-state index contributed by atoms with van der Waals surface area (Å²) in [6, 6.07) is 0. The lowest BCUT2D eigenvalue weighted by atomic mass is 10.1. The Kier molecular flexibility index (Phi) is 22.0. The van der Waals surface area contributed by atoms with E-state index in [1.165, 1.54) is 0 Å². The summed E-state index contributed by atoms with van der Waals surface area (Å²) < 4.78 is 31.7. The molecule has 0 rings (SSSR count). The second kappa shape index (κ2) is 18.4. The molecule has 0 aromatic rings. The Balaban J connectivity index is -0.000000157. The number of carboxylic acids is 1. The van der Waals surface area contributed by atoms with Gasteiger partial charge < -0.3 is 68.3 Å². The van der Waals surface area contributed by atoms with E-state index in [0.29, 0.717) is 0 Å². The average Bonchev–Trinajstić information content (AvgIpc) is 2.78. The molecule has 0 radical (unpaired) electrons. The van der Waals surface area contributed by atoms with Gasteiger partial charge in [0.05, 0.1) is 76.1 Å². The Hall–Kier alpha value is -1.22. The zero-order valence-corrected chi connectivity index (χ0v) is 16.6. The third-order valence-electron chi connectivity index (χ3n) is 3.08. The topological polar surface area (TPSA) is 297 Å². The summed E-state index contributed by atoms with van der Waals surface area (Å²) in [6.07, 6.45) is -5.08. The van der Waals surface area contributed by atoms with Gasteiger partial charge in [0.1, 0.15) is 0 Å². The summed E-state index contributed by atoms with van der Waals surface area (Å²) in [7, 11) is 0. The molecular formula is C14H34F3N3O11. The molecule has 16 N–H and O–H groups in total. The van der Waals surface area contributed by atoms with Crippen LogP contribution in [0.5, 0.6) is 0 Å². The van der Waals surface area contributed by atoms with E-state index in [1.54, 1.807) is 0 Å². The zero-order chi connectivity index (χ0) is 25.9. The smallest absolute Gasteiger partial charge is 0.475 e. The number of hydrogen-bond donors (Lipinski definition) is 13. The maximum Gasteiger partial charge on any atom is 0.490 e. The highest BCUT2D eigenvalue weighted by atomic mass is 19.4. The molecule has 0 fully saturated rings. The number of rotatable bonds is 9. The van der Waals surface area contributed by atoms with Crippen molar-refractivity contribution in [1.82, 2.24) is 0 Å². The predicted octanol–water partition coefficient (Wildman–Crippen LogP) is -6.38. The molecule has 0 saturated carbocycles. The number of halogens is 3. The first kappa shape index (κ1) is 37.1. The van der Waals surface area contributed by atoms with Gasteiger partial charge in [-0.15, -0.1) is 0 Å². The molecule has 0 saturated heterocycles. The molecule has 0 aromatic heterocycles. The van der Waals surface area contributed by atoms with Crippen molar-refractivity contribution >= 4 is 5.97 Å². The number of nitrogens with two attached hydrogens (primary N) is 3. The number of aliphatic hydroxyl groups excluding tert-OH is 9. The largest absolute Gasteiger partial charge is 0.490 e. The Morgan fingerprint density at radius 1 is 0.516 bits per heavy atom. The van der Waals surface area contributed by atoms with Gasteiger partial charge in [-0.1, -0.05) is 0 Å². The minimum absolute atomic E-state index is 0.403. The molecule has 31 heavy (non-hydrogen) atoms. The first-order chi connectivity index (χ1) is 14.0. The van der Waals surface area contributed by atoms with E-state index in [2.05, 4.69) is 0 Å². The molecule has 192 valence electrons. The van der Waals surface area contributed by atoms with Crippen LogP contribution in [-0.2, 0) is 4.79 Å². The van der Waals surface area contributed by atoms with Gasteiger partial charge in [0.2, 0.25) is 0 Å². The fraction of sp³-hybridized carbons (Fsp3) is 0.929. The molecule has 0 amide bonds. The van der Waals surface area contributed by atoms with E-state index < -0.39 is 88.2 Å². The van der Waals surface area contributed by atoms with Crippen molar-refractivity contribution in [3.05, 3.63) is 0 Å². The fourth-order valence-electron chi connectivity index (χ4n) is 0.450. The second-order valence-corrected chi connectivity index (χ2v) is 6.31. The summed E-state index contributed by atoms with van der Waals surface area (Å²) in [5.74, 6) is -2.76. The predicted molar refractivity (Wildman–Crippen MR) is 98.2 cm³/mol. The van der Waals surface area contributed by atoms with E-state index in [9.17, 15) is 13.2 Å². The Bertz CT molecular complexity index is 366. The SMILES string of the molecule is NC(CO)(CO)CO.NC(CO)(CO)CO.NC(CO)(CO)CO.O=C(O)C(F)(F)F. The van der Waals surface area contributed by atoms with Crippen LogP contribution in [0.2, 0.25) is 0 Å². The van der Waals surface area contributed by atoms with Crippen LogP contribution in [0, 0.1) is 0 Å². The number of aliphatic hydroxyl groups is 9. The number of aliphatic carboxylic acids is 1. The van der Waals surface area contributed by atoms with Crippen LogP contribution in [-0.4, -0.2) is 139 Å². The molecule has 0 atom stereocenters. The number of alkyl halides is 3. The number of hydrogen-bond acceptors (Lipinski definition) is 13. The van der Waals surface area contributed by atoms with Gasteiger partial charge in [0, 0.05) is 0 Å². The standard InChI is InChI=1S/3C4H11NO3.C2HF3O2/c3*5-4(1-6,2-7)3-8;3-2(4,5)1(6)7/h3*6-8H,1-3,5H2;(H,6,7). The van der Waals surface area contributed by atoms with Crippen molar-refractivity contribution in [2.45, 2.75) is 22.8 Å². The van der Waals surface area contributed by atoms with Crippen LogP contribution in [0.1, 0.15) is 0 Å². The maximum atomic E-state index is 10.6. The van der Waals surface area contributed by atoms with Gasteiger partial charge in [-0.3, -0.25) is 0 Å². The van der Waals surface area contributed by atoms with Crippen molar-refractivity contribution in [2.75, 3.05) is 59.5 Å². The molecule has 17 heteroatoms. The zero-order valence-electron chi connectivity index (χ0n) is 16.6. The van der Waals surface area contributed by atoms with Crippen molar-refractivity contribution in [1.29, 1.82) is 0 Å². The van der Waals surface area contributed by atoms with Crippen LogP contribution in [0.3, 0.4) is 0 Å². The lowest BCUT2D eigenvalue weighted by Crippen LogP contribution is -2.50. The molecule has 0 unspecified atom stereocenters. The minimum atomic E-state index is -5.08. The third kappa shape index (κ3) is 20.4. The molecule has 0 heterocycles. The molecule has 0 aliphatic rings. The van der Waals surface area contributed by atoms with Crippen LogP contribution in [0.4, 0.5) is 13.2 Å². The first-order valence-corrected chi connectivity index (χ1v) is 8.14. The highest BCUT2D eigenvalue weighted by Gasteiger charge is 2.38.